The molecule has 0 atom stereocenters. The lowest BCUT2D eigenvalue weighted by Crippen LogP contribution is -1.84. The average molecular weight is 109 g/mol. The van der Waals surface area contributed by atoms with Crippen molar-refractivity contribution in [2.75, 3.05) is 5.32 Å². The number of nitrogens with zero attached hydrogens (tertiary/aromatic N) is 2. The zero-order valence-corrected chi connectivity index (χ0v) is 3.96. The Morgan fingerprint density at radius 3 is 3.25 bits per heavy atom. The second-order valence-electron chi connectivity index (χ2n) is 1.07. The smallest absolute Gasteiger partial charge is 0.308 e. The van der Waals surface area contributed by atoms with Crippen LogP contribution in [-0.2, 0) is 0 Å². The molecule has 0 fully saturated rings. The standard InChI is InChI=1S/C4H3N3O/c5-3-7-4-6-1-2-8-4/h1-2H,(H,6,7). The summed E-state index contributed by atoms with van der Waals surface area (Å²) in [6.45, 7) is 0. The summed E-state index contributed by atoms with van der Waals surface area (Å²) in [6, 6.07) is 0.229. The second-order valence-corrected chi connectivity index (χ2v) is 1.07. The largest absolute Gasteiger partial charge is 0.432 e. The molecule has 0 aliphatic heterocycles. The minimum absolute atomic E-state index is 0.229. The number of nitrogens with one attached hydrogen (secondary N) is 1. The molecule has 40 valence electrons. The Labute approximate surface area is 45.8 Å². The van der Waals surface area contributed by atoms with E-state index >= 15 is 0 Å². The third-order valence-electron chi connectivity index (χ3n) is 0.595. The molecule has 0 unspecified atom stereocenters. The highest BCUT2D eigenvalue weighted by molar-refractivity contribution is 5.23. The summed E-state index contributed by atoms with van der Waals surface area (Å²) in [6.07, 6.45) is 4.51. The maximum atomic E-state index is 7.98. The first-order chi connectivity index (χ1) is 3.93. The molecule has 1 aromatic rings. The Hall–Kier alpha value is -1.50. The Balaban J connectivity index is 2.67. The third kappa shape index (κ3) is 0.763. The zero-order valence-electron chi connectivity index (χ0n) is 3.96. The molecule has 8 heavy (non-hydrogen) atoms. The van der Waals surface area contributed by atoms with Crippen molar-refractivity contribution in [3.05, 3.63) is 12.5 Å². The van der Waals surface area contributed by atoms with Crippen LogP contribution in [-0.4, -0.2) is 4.98 Å². The topological polar surface area (TPSA) is 61.9 Å². The van der Waals surface area contributed by atoms with Crippen LogP contribution in [0.4, 0.5) is 6.01 Å². The van der Waals surface area contributed by atoms with E-state index in [2.05, 4.69) is 14.7 Å². The van der Waals surface area contributed by atoms with E-state index in [-0.39, 0.29) is 6.01 Å². The van der Waals surface area contributed by atoms with Gasteiger partial charge in [0, 0.05) is 0 Å². The molecular weight excluding hydrogens is 106 g/mol. The molecule has 0 saturated carbocycles. The molecule has 1 heterocycles. The lowest BCUT2D eigenvalue weighted by Gasteiger charge is -1.80. The maximum Gasteiger partial charge on any atom is 0.308 e. The third-order valence-corrected chi connectivity index (χ3v) is 0.595. The van der Waals surface area contributed by atoms with E-state index in [1.807, 2.05) is 0 Å². The highest BCUT2D eigenvalue weighted by atomic mass is 16.4. The lowest BCUT2D eigenvalue weighted by atomic mass is 11.0. The van der Waals surface area contributed by atoms with Gasteiger partial charge in [0.1, 0.15) is 6.26 Å². The minimum Gasteiger partial charge on any atom is -0.432 e. The predicted molar refractivity (Wildman–Crippen MR) is 25.7 cm³/mol. The molecule has 4 heteroatoms. The summed E-state index contributed by atoms with van der Waals surface area (Å²) in [5, 5.41) is 10.2. The number of aromatic nitrogens is 1. The Morgan fingerprint density at radius 1 is 1.88 bits per heavy atom. The highest BCUT2D eigenvalue weighted by Gasteiger charge is 1.88. The van der Waals surface area contributed by atoms with Gasteiger partial charge in [-0.1, -0.05) is 0 Å². The monoisotopic (exact) mass is 109 g/mol. The van der Waals surface area contributed by atoms with Crippen LogP contribution in [0, 0.1) is 11.5 Å². The van der Waals surface area contributed by atoms with Crippen molar-refractivity contribution in [1.82, 2.24) is 4.98 Å². The van der Waals surface area contributed by atoms with Crippen molar-refractivity contribution in [3.63, 3.8) is 0 Å². The molecule has 4 nitrogen and oxygen atoms in total. The Kier molecular flexibility index (Phi) is 1.15. The first kappa shape index (κ1) is 4.65. The normalized spacial score (nSPS) is 7.88. The van der Waals surface area contributed by atoms with Gasteiger partial charge in [0.05, 0.1) is 6.20 Å². The van der Waals surface area contributed by atoms with Gasteiger partial charge in [-0.3, -0.25) is 0 Å². The molecule has 1 N–H and O–H groups in total. The molecule has 0 aromatic carbocycles. The van der Waals surface area contributed by atoms with E-state index in [1.165, 1.54) is 12.5 Å². The van der Waals surface area contributed by atoms with Gasteiger partial charge in [0.25, 0.3) is 0 Å². The van der Waals surface area contributed by atoms with Crippen molar-refractivity contribution >= 4 is 6.01 Å². The van der Waals surface area contributed by atoms with Gasteiger partial charge in [0.15, 0.2) is 6.19 Å². The highest BCUT2D eigenvalue weighted by Crippen LogP contribution is 1.97. The van der Waals surface area contributed by atoms with E-state index in [0.717, 1.165) is 0 Å². The molecule has 0 bridgehead atoms. The number of rotatable bonds is 1. The summed E-state index contributed by atoms with van der Waals surface area (Å²) in [4.78, 5) is 3.61. The van der Waals surface area contributed by atoms with Gasteiger partial charge in [-0.25, -0.2) is 10.3 Å². The van der Waals surface area contributed by atoms with Crippen LogP contribution < -0.4 is 5.32 Å². The SMILES string of the molecule is N#CNc1ncco1. The van der Waals surface area contributed by atoms with Crippen LogP contribution >= 0.6 is 0 Å². The number of oxazole rings is 1. The van der Waals surface area contributed by atoms with Crippen molar-refractivity contribution in [3.8, 4) is 6.19 Å². The molecule has 0 saturated heterocycles. The Bertz CT molecular complexity index is 186. The van der Waals surface area contributed by atoms with Crippen LogP contribution in [0.2, 0.25) is 0 Å². The molecule has 0 amide bonds. The first-order valence-electron chi connectivity index (χ1n) is 1.98. The van der Waals surface area contributed by atoms with Crippen molar-refractivity contribution in [2.24, 2.45) is 0 Å². The van der Waals surface area contributed by atoms with E-state index < -0.39 is 0 Å². The van der Waals surface area contributed by atoms with Crippen LogP contribution in [0.5, 0.6) is 0 Å². The fourth-order valence-electron chi connectivity index (χ4n) is 0.333. The van der Waals surface area contributed by atoms with Crippen LogP contribution in [0.1, 0.15) is 0 Å². The van der Waals surface area contributed by atoms with Gasteiger partial charge >= 0.3 is 6.01 Å². The second kappa shape index (κ2) is 1.98. The summed E-state index contributed by atoms with van der Waals surface area (Å²) in [5.41, 5.74) is 0. The summed E-state index contributed by atoms with van der Waals surface area (Å²) in [7, 11) is 0. The summed E-state index contributed by atoms with van der Waals surface area (Å²) < 4.78 is 4.63. The maximum absolute atomic E-state index is 7.98. The van der Waals surface area contributed by atoms with E-state index in [4.69, 9.17) is 5.26 Å². The molecule has 0 aliphatic rings. The van der Waals surface area contributed by atoms with Crippen LogP contribution in [0.15, 0.2) is 16.9 Å². The van der Waals surface area contributed by atoms with Gasteiger partial charge in [0.2, 0.25) is 0 Å². The molecule has 1 rings (SSSR count). The van der Waals surface area contributed by atoms with E-state index in [0.29, 0.717) is 0 Å². The summed E-state index contributed by atoms with van der Waals surface area (Å²) >= 11 is 0. The molecule has 0 spiro atoms. The Morgan fingerprint density at radius 2 is 2.75 bits per heavy atom. The first-order valence-corrected chi connectivity index (χ1v) is 1.98. The van der Waals surface area contributed by atoms with Gasteiger partial charge in [-0.2, -0.15) is 5.26 Å². The van der Waals surface area contributed by atoms with E-state index in [9.17, 15) is 0 Å². The molecule has 1 aromatic heterocycles. The number of hydrogen-bond donors (Lipinski definition) is 1. The minimum atomic E-state index is 0.229. The predicted octanol–water partition coefficient (Wildman–Crippen LogP) is 0.568. The van der Waals surface area contributed by atoms with Gasteiger partial charge in [-0.15, -0.1) is 0 Å². The van der Waals surface area contributed by atoms with E-state index in [1.54, 1.807) is 6.19 Å². The van der Waals surface area contributed by atoms with Crippen LogP contribution in [0.3, 0.4) is 0 Å². The van der Waals surface area contributed by atoms with Gasteiger partial charge in [-0.05, 0) is 0 Å². The molecular formula is C4H3N3O. The fraction of sp³-hybridized carbons (Fsp3) is 0. The fourth-order valence-corrected chi connectivity index (χ4v) is 0.333. The zero-order chi connectivity index (χ0) is 5.82. The number of nitriles is 1. The lowest BCUT2D eigenvalue weighted by molar-refractivity contribution is 0.578. The molecule has 0 aliphatic carbocycles. The van der Waals surface area contributed by atoms with Crippen molar-refractivity contribution < 1.29 is 4.42 Å². The average Bonchev–Trinajstić information content (AvgIpc) is 2.19. The summed E-state index contributed by atoms with van der Waals surface area (Å²) in [5.74, 6) is 0. The van der Waals surface area contributed by atoms with Crippen molar-refractivity contribution in [2.45, 2.75) is 0 Å². The van der Waals surface area contributed by atoms with Crippen molar-refractivity contribution in [1.29, 1.82) is 5.26 Å². The number of anilines is 1. The van der Waals surface area contributed by atoms with Crippen LogP contribution in [0.25, 0.3) is 0 Å². The van der Waals surface area contributed by atoms with Gasteiger partial charge < -0.3 is 4.42 Å². The molecule has 0 radical (unpaired) electrons. The quantitative estimate of drug-likeness (QED) is 0.423. The number of hydrogen-bond acceptors (Lipinski definition) is 4.